The first-order valence-electron chi connectivity index (χ1n) is 6.31. The van der Waals surface area contributed by atoms with E-state index in [1.165, 1.54) is 31.2 Å². The monoisotopic (exact) mass is 217 g/mol. The first-order chi connectivity index (χ1) is 7.83. The van der Waals surface area contributed by atoms with Crippen LogP contribution in [0.3, 0.4) is 0 Å². The third kappa shape index (κ3) is 1.52. The predicted octanol–water partition coefficient (Wildman–Crippen LogP) is 2.82. The van der Waals surface area contributed by atoms with Crippen LogP contribution in [0.1, 0.15) is 43.6 Å². The maximum Gasteiger partial charge on any atom is 0.123 e. The summed E-state index contributed by atoms with van der Waals surface area (Å²) >= 11 is 0. The van der Waals surface area contributed by atoms with Crippen LogP contribution in [0, 0.1) is 0 Å². The Bertz CT molecular complexity index is 382. The van der Waals surface area contributed by atoms with E-state index in [4.69, 9.17) is 10.5 Å². The standard InChI is InChI=1S/C14H19NO/c15-10-11-9-14(7-3-4-8-14)16-13-6-2-1-5-12(11)13/h1-2,5-6,11H,3-4,7-10,15H2. The van der Waals surface area contributed by atoms with Gasteiger partial charge in [0.2, 0.25) is 0 Å². The molecular formula is C14H19NO. The Labute approximate surface area is 96.8 Å². The molecule has 1 aliphatic carbocycles. The highest BCUT2D eigenvalue weighted by molar-refractivity contribution is 5.39. The Kier molecular flexibility index (Phi) is 2.40. The summed E-state index contributed by atoms with van der Waals surface area (Å²) in [6.45, 7) is 0.738. The molecule has 2 aliphatic rings. The second-order valence-electron chi connectivity index (χ2n) is 5.17. The van der Waals surface area contributed by atoms with Gasteiger partial charge in [0.15, 0.2) is 0 Å². The van der Waals surface area contributed by atoms with Crippen molar-refractivity contribution < 1.29 is 4.74 Å². The highest BCUT2D eigenvalue weighted by Crippen LogP contribution is 2.47. The van der Waals surface area contributed by atoms with Crippen molar-refractivity contribution in [3.8, 4) is 5.75 Å². The van der Waals surface area contributed by atoms with E-state index in [0.717, 1.165) is 18.7 Å². The first kappa shape index (κ1) is 10.2. The molecule has 0 aromatic heterocycles. The fourth-order valence-electron chi connectivity index (χ4n) is 3.28. The van der Waals surface area contributed by atoms with E-state index in [1.54, 1.807) is 0 Å². The van der Waals surface area contributed by atoms with E-state index in [2.05, 4.69) is 24.3 Å². The van der Waals surface area contributed by atoms with Gasteiger partial charge in [-0.15, -0.1) is 0 Å². The number of hydrogen-bond donors (Lipinski definition) is 1. The van der Waals surface area contributed by atoms with Crippen LogP contribution in [0.4, 0.5) is 0 Å². The fourth-order valence-corrected chi connectivity index (χ4v) is 3.28. The number of rotatable bonds is 1. The van der Waals surface area contributed by atoms with E-state index >= 15 is 0 Å². The second-order valence-corrected chi connectivity index (χ2v) is 5.17. The molecule has 1 atom stereocenters. The van der Waals surface area contributed by atoms with Crippen LogP contribution in [0.5, 0.6) is 5.75 Å². The molecule has 3 rings (SSSR count). The van der Waals surface area contributed by atoms with Crippen LogP contribution in [0.2, 0.25) is 0 Å². The summed E-state index contributed by atoms with van der Waals surface area (Å²) < 4.78 is 6.26. The van der Waals surface area contributed by atoms with Crippen molar-refractivity contribution in [2.45, 2.75) is 43.6 Å². The first-order valence-corrected chi connectivity index (χ1v) is 6.31. The lowest BCUT2D eigenvalue weighted by atomic mass is 9.81. The highest BCUT2D eigenvalue weighted by Gasteiger charge is 2.42. The predicted molar refractivity (Wildman–Crippen MR) is 64.7 cm³/mol. The normalized spacial score (nSPS) is 26.4. The number of para-hydroxylation sites is 1. The fraction of sp³-hybridized carbons (Fsp3) is 0.571. The van der Waals surface area contributed by atoms with Gasteiger partial charge in [0.05, 0.1) is 0 Å². The van der Waals surface area contributed by atoms with Crippen molar-refractivity contribution >= 4 is 0 Å². The van der Waals surface area contributed by atoms with Crippen molar-refractivity contribution in [3.63, 3.8) is 0 Å². The molecule has 0 amide bonds. The van der Waals surface area contributed by atoms with Gasteiger partial charge in [0.1, 0.15) is 11.4 Å². The van der Waals surface area contributed by atoms with Crippen molar-refractivity contribution in [1.82, 2.24) is 0 Å². The molecule has 0 saturated heterocycles. The van der Waals surface area contributed by atoms with Crippen LogP contribution in [-0.2, 0) is 0 Å². The number of fused-ring (bicyclic) bond motifs is 1. The molecule has 16 heavy (non-hydrogen) atoms. The van der Waals surface area contributed by atoms with E-state index < -0.39 is 0 Å². The minimum absolute atomic E-state index is 0.110. The Morgan fingerprint density at radius 1 is 1.25 bits per heavy atom. The van der Waals surface area contributed by atoms with Gasteiger partial charge in [-0.05, 0) is 50.3 Å². The molecule has 1 fully saturated rings. The molecule has 2 N–H and O–H groups in total. The number of nitrogens with two attached hydrogens (primary N) is 1. The third-order valence-corrected chi connectivity index (χ3v) is 4.10. The molecule has 1 aromatic rings. The summed E-state index contributed by atoms with van der Waals surface area (Å²) in [6.07, 6.45) is 6.13. The maximum atomic E-state index is 6.26. The van der Waals surface area contributed by atoms with Gasteiger partial charge in [0, 0.05) is 5.92 Å². The van der Waals surface area contributed by atoms with Crippen molar-refractivity contribution in [2.24, 2.45) is 5.73 Å². The smallest absolute Gasteiger partial charge is 0.123 e. The average molecular weight is 217 g/mol. The molecule has 0 radical (unpaired) electrons. The molecule has 86 valence electrons. The summed E-state index contributed by atoms with van der Waals surface area (Å²) in [5.74, 6) is 1.56. The van der Waals surface area contributed by atoms with Gasteiger partial charge >= 0.3 is 0 Å². The largest absolute Gasteiger partial charge is 0.487 e. The van der Waals surface area contributed by atoms with Crippen molar-refractivity contribution in [2.75, 3.05) is 6.54 Å². The lowest BCUT2D eigenvalue weighted by molar-refractivity contribution is 0.0429. The summed E-state index contributed by atoms with van der Waals surface area (Å²) in [6, 6.07) is 8.39. The molecular weight excluding hydrogens is 198 g/mol. The van der Waals surface area contributed by atoms with Gasteiger partial charge in [-0.1, -0.05) is 18.2 Å². The number of benzene rings is 1. The maximum absolute atomic E-state index is 6.26. The summed E-state index contributed by atoms with van der Waals surface area (Å²) in [4.78, 5) is 0. The van der Waals surface area contributed by atoms with Gasteiger partial charge in [0.25, 0.3) is 0 Å². The topological polar surface area (TPSA) is 35.2 Å². The van der Waals surface area contributed by atoms with Crippen LogP contribution in [-0.4, -0.2) is 12.1 Å². The molecule has 1 saturated carbocycles. The van der Waals surface area contributed by atoms with Crippen molar-refractivity contribution in [1.29, 1.82) is 0 Å². The Balaban J connectivity index is 1.98. The van der Waals surface area contributed by atoms with Gasteiger partial charge in [-0.2, -0.15) is 0 Å². The van der Waals surface area contributed by atoms with E-state index in [1.807, 2.05) is 0 Å². The number of hydrogen-bond acceptors (Lipinski definition) is 2. The summed E-state index contributed by atoms with van der Waals surface area (Å²) in [5, 5.41) is 0. The Morgan fingerprint density at radius 3 is 2.75 bits per heavy atom. The summed E-state index contributed by atoms with van der Waals surface area (Å²) in [7, 11) is 0. The van der Waals surface area contributed by atoms with E-state index in [-0.39, 0.29) is 5.60 Å². The van der Waals surface area contributed by atoms with Gasteiger partial charge in [-0.25, -0.2) is 0 Å². The molecule has 1 aliphatic heterocycles. The average Bonchev–Trinajstić information content (AvgIpc) is 2.76. The van der Waals surface area contributed by atoms with Crippen LogP contribution >= 0.6 is 0 Å². The lowest BCUT2D eigenvalue weighted by Crippen LogP contribution is -2.40. The molecule has 1 spiro atoms. The van der Waals surface area contributed by atoms with Gasteiger partial charge in [-0.3, -0.25) is 0 Å². The van der Waals surface area contributed by atoms with E-state index in [0.29, 0.717) is 5.92 Å². The minimum Gasteiger partial charge on any atom is -0.487 e. The quantitative estimate of drug-likeness (QED) is 0.785. The minimum atomic E-state index is 0.110. The molecule has 2 nitrogen and oxygen atoms in total. The SMILES string of the molecule is NCC1CC2(CCCC2)Oc2ccccc21. The molecule has 1 unspecified atom stereocenters. The molecule has 0 bridgehead atoms. The van der Waals surface area contributed by atoms with E-state index in [9.17, 15) is 0 Å². The molecule has 2 heteroatoms. The lowest BCUT2D eigenvalue weighted by Gasteiger charge is -2.39. The Morgan fingerprint density at radius 2 is 2.00 bits per heavy atom. The van der Waals surface area contributed by atoms with Crippen molar-refractivity contribution in [3.05, 3.63) is 29.8 Å². The third-order valence-electron chi connectivity index (χ3n) is 4.10. The van der Waals surface area contributed by atoms with Crippen LogP contribution in [0.25, 0.3) is 0 Å². The Hall–Kier alpha value is -1.02. The van der Waals surface area contributed by atoms with Crippen LogP contribution in [0.15, 0.2) is 24.3 Å². The highest BCUT2D eigenvalue weighted by atomic mass is 16.5. The molecule has 1 aromatic carbocycles. The zero-order valence-corrected chi connectivity index (χ0v) is 9.61. The number of ether oxygens (including phenoxy) is 1. The van der Waals surface area contributed by atoms with Gasteiger partial charge < -0.3 is 10.5 Å². The zero-order valence-electron chi connectivity index (χ0n) is 9.61. The molecule has 1 heterocycles. The second kappa shape index (κ2) is 3.77. The zero-order chi connectivity index (χ0) is 11.0. The summed E-state index contributed by atoms with van der Waals surface area (Å²) in [5.41, 5.74) is 7.33. The van der Waals surface area contributed by atoms with Crippen LogP contribution < -0.4 is 10.5 Å².